The van der Waals surface area contributed by atoms with Gasteiger partial charge in [-0.05, 0) is 24.3 Å². The van der Waals surface area contributed by atoms with Gasteiger partial charge in [0, 0.05) is 50.1 Å². The van der Waals surface area contributed by atoms with Crippen molar-refractivity contribution in [1.82, 2.24) is 15.5 Å². The normalized spacial score (nSPS) is 22.2. The van der Waals surface area contributed by atoms with Gasteiger partial charge in [0.2, 0.25) is 0 Å². The van der Waals surface area contributed by atoms with Gasteiger partial charge in [-0.15, -0.1) is 35.3 Å². The molecule has 160 valence electrons. The molecule has 1 saturated heterocycles. The third-order valence-electron chi connectivity index (χ3n) is 5.83. The molecule has 28 heavy (non-hydrogen) atoms. The van der Waals surface area contributed by atoms with Crippen molar-refractivity contribution in [3.8, 4) is 0 Å². The lowest BCUT2D eigenvalue weighted by atomic mass is 9.73. The number of halogens is 1. The van der Waals surface area contributed by atoms with Crippen molar-refractivity contribution in [3.63, 3.8) is 0 Å². The van der Waals surface area contributed by atoms with E-state index in [2.05, 4.69) is 38.0 Å². The van der Waals surface area contributed by atoms with Crippen LogP contribution in [-0.4, -0.2) is 70.6 Å². The third kappa shape index (κ3) is 6.56. The van der Waals surface area contributed by atoms with E-state index in [1.54, 1.807) is 0 Å². The van der Waals surface area contributed by atoms with Crippen LogP contribution in [0.2, 0.25) is 0 Å². The summed E-state index contributed by atoms with van der Waals surface area (Å²) < 4.78 is 23.0. The summed E-state index contributed by atoms with van der Waals surface area (Å²) >= 11 is 1.87. The second kappa shape index (κ2) is 11.1. The van der Waals surface area contributed by atoms with Crippen molar-refractivity contribution in [2.75, 3.05) is 51.3 Å². The Bertz CT molecular complexity index is 702. The van der Waals surface area contributed by atoms with Gasteiger partial charge in [-0.25, -0.2) is 8.42 Å². The molecule has 2 fully saturated rings. The fourth-order valence-corrected chi connectivity index (χ4v) is 6.36. The number of sulfone groups is 1. The van der Waals surface area contributed by atoms with Gasteiger partial charge in [0.05, 0.1) is 11.5 Å². The molecule has 0 amide bonds. The molecular formula is C19H33IN4O2S2. The molecule has 6 nitrogen and oxygen atoms in total. The van der Waals surface area contributed by atoms with Gasteiger partial charge in [0.1, 0.15) is 0 Å². The summed E-state index contributed by atoms with van der Waals surface area (Å²) in [6.07, 6.45) is 6.40. The van der Waals surface area contributed by atoms with Gasteiger partial charge in [-0.1, -0.05) is 25.3 Å². The molecule has 0 unspecified atom stereocenters. The molecule has 1 aromatic heterocycles. The van der Waals surface area contributed by atoms with Crippen LogP contribution in [0.3, 0.4) is 0 Å². The summed E-state index contributed by atoms with van der Waals surface area (Å²) in [4.78, 5) is 8.06. The number of guanidine groups is 1. The van der Waals surface area contributed by atoms with Crippen LogP contribution in [0.5, 0.6) is 0 Å². The van der Waals surface area contributed by atoms with Crippen LogP contribution in [0.1, 0.15) is 37.0 Å². The average molecular weight is 541 g/mol. The van der Waals surface area contributed by atoms with Crippen LogP contribution in [0.4, 0.5) is 0 Å². The van der Waals surface area contributed by atoms with E-state index in [4.69, 9.17) is 0 Å². The Hall–Kier alpha value is -0.390. The minimum Gasteiger partial charge on any atom is -0.355 e. The Morgan fingerprint density at radius 2 is 1.93 bits per heavy atom. The van der Waals surface area contributed by atoms with Gasteiger partial charge in [-0.3, -0.25) is 9.89 Å². The molecule has 9 heteroatoms. The highest BCUT2D eigenvalue weighted by Gasteiger charge is 2.34. The van der Waals surface area contributed by atoms with Gasteiger partial charge in [0.25, 0.3) is 0 Å². The minimum absolute atomic E-state index is 0. The van der Waals surface area contributed by atoms with E-state index in [1.165, 1.54) is 37.0 Å². The summed E-state index contributed by atoms with van der Waals surface area (Å²) in [5, 5.41) is 9.12. The lowest BCUT2D eigenvalue weighted by Crippen LogP contribution is -2.48. The largest absolute Gasteiger partial charge is 0.355 e. The standard InChI is InChI=1S/C19H32N4O2S2.HI/c1-20-18(21-9-10-23-11-14-27(24,25)15-12-23)22-16-19(7-3-2-4-8-19)17-6-5-13-26-17;/h5-6,13H,2-4,7-12,14-16H2,1H3,(H2,20,21,22);1H. The van der Waals surface area contributed by atoms with Crippen LogP contribution in [-0.2, 0) is 15.3 Å². The average Bonchev–Trinajstić information content (AvgIpc) is 3.22. The van der Waals surface area contributed by atoms with E-state index in [-0.39, 0.29) is 40.9 Å². The summed E-state index contributed by atoms with van der Waals surface area (Å²) in [6.45, 7) is 3.79. The molecule has 1 aromatic rings. The Balaban J connectivity index is 0.00000280. The fourth-order valence-electron chi connectivity index (χ4n) is 4.10. The van der Waals surface area contributed by atoms with Gasteiger partial charge in [0.15, 0.2) is 15.8 Å². The third-order valence-corrected chi connectivity index (χ3v) is 8.56. The summed E-state index contributed by atoms with van der Waals surface area (Å²) in [5.41, 5.74) is 0.227. The van der Waals surface area contributed by atoms with Crippen molar-refractivity contribution in [1.29, 1.82) is 0 Å². The van der Waals surface area contributed by atoms with Crippen LogP contribution >= 0.6 is 35.3 Å². The fraction of sp³-hybridized carbons (Fsp3) is 0.737. The Morgan fingerprint density at radius 3 is 2.54 bits per heavy atom. The molecule has 3 rings (SSSR count). The Morgan fingerprint density at radius 1 is 1.21 bits per heavy atom. The molecule has 1 aliphatic carbocycles. The zero-order valence-corrected chi connectivity index (χ0v) is 20.6. The van der Waals surface area contributed by atoms with E-state index in [0.717, 1.165) is 25.6 Å². The SMILES string of the molecule is CN=C(NCCN1CCS(=O)(=O)CC1)NCC1(c2cccs2)CCCCC1.I. The predicted molar refractivity (Wildman–Crippen MR) is 129 cm³/mol. The first kappa shape index (κ1) is 23.9. The van der Waals surface area contributed by atoms with Crippen molar-refractivity contribution >= 4 is 51.1 Å². The van der Waals surface area contributed by atoms with E-state index in [1.807, 2.05) is 18.4 Å². The molecule has 1 saturated carbocycles. The van der Waals surface area contributed by atoms with E-state index in [0.29, 0.717) is 13.1 Å². The zero-order chi connectivity index (χ0) is 19.2. The summed E-state index contributed by atoms with van der Waals surface area (Å²) in [6, 6.07) is 4.43. The molecule has 2 N–H and O–H groups in total. The maximum absolute atomic E-state index is 11.5. The molecule has 0 atom stereocenters. The second-order valence-corrected chi connectivity index (χ2v) is 10.9. The quantitative estimate of drug-likeness (QED) is 0.330. The highest BCUT2D eigenvalue weighted by Crippen LogP contribution is 2.41. The molecule has 0 aromatic carbocycles. The topological polar surface area (TPSA) is 73.8 Å². The molecule has 0 radical (unpaired) electrons. The molecule has 2 heterocycles. The minimum atomic E-state index is -2.81. The number of thiophene rings is 1. The Kier molecular flexibility index (Phi) is 9.49. The summed E-state index contributed by atoms with van der Waals surface area (Å²) in [5.74, 6) is 1.40. The first-order valence-corrected chi connectivity index (χ1v) is 12.6. The Labute approximate surface area is 190 Å². The van der Waals surface area contributed by atoms with Crippen molar-refractivity contribution < 1.29 is 8.42 Å². The molecule has 0 bridgehead atoms. The molecular weight excluding hydrogens is 507 g/mol. The second-order valence-electron chi connectivity index (χ2n) is 7.66. The number of nitrogens with zero attached hydrogens (tertiary/aromatic N) is 2. The smallest absolute Gasteiger partial charge is 0.191 e. The van der Waals surface area contributed by atoms with Gasteiger partial charge < -0.3 is 10.6 Å². The maximum Gasteiger partial charge on any atom is 0.191 e. The van der Waals surface area contributed by atoms with E-state index < -0.39 is 9.84 Å². The highest BCUT2D eigenvalue weighted by atomic mass is 127. The van der Waals surface area contributed by atoms with Crippen LogP contribution in [0.15, 0.2) is 22.5 Å². The van der Waals surface area contributed by atoms with E-state index in [9.17, 15) is 8.42 Å². The van der Waals surface area contributed by atoms with E-state index >= 15 is 0 Å². The number of nitrogens with one attached hydrogen (secondary N) is 2. The lowest BCUT2D eigenvalue weighted by Gasteiger charge is -2.37. The first-order valence-electron chi connectivity index (χ1n) is 9.94. The van der Waals surface area contributed by atoms with Crippen molar-refractivity contribution in [2.45, 2.75) is 37.5 Å². The highest BCUT2D eigenvalue weighted by molar-refractivity contribution is 14.0. The summed E-state index contributed by atoms with van der Waals surface area (Å²) in [7, 11) is -1.00. The lowest BCUT2D eigenvalue weighted by molar-refractivity contribution is 0.293. The zero-order valence-electron chi connectivity index (χ0n) is 16.7. The van der Waals surface area contributed by atoms with Crippen molar-refractivity contribution in [3.05, 3.63) is 22.4 Å². The molecule has 2 aliphatic rings. The predicted octanol–water partition coefficient (Wildman–Crippen LogP) is 2.46. The van der Waals surface area contributed by atoms with Crippen LogP contribution < -0.4 is 10.6 Å². The first-order chi connectivity index (χ1) is 13.0. The van der Waals surface area contributed by atoms with Crippen molar-refractivity contribution in [2.24, 2.45) is 4.99 Å². The molecule has 0 spiro atoms. The number of aliphatic imine (C=N–C) groups is 1. The molecule has 1 aliphatic heterocycles. The van der Waals surface area contributed by atoms with Gasteiger partial charge in [-0.2, -0.15) is 0 Å². The van der Waals surface area contributed by atoms with Gasteiger partial charge >= 0.3 is 0 Å². The number of rotatable bonds is 6. The van der Waals surface area contributed by atoms with Crippen LogP contribution in [0.25, 0.3) is 0 Å². The number of hydrogen-bond acceptors (Lipinski definition) is 5. The number of hydrogen-bond donors (Lipinski definition) is 2. The maximum atomic E-state index is 11.5. The monoisotopic (exact) mass is 540 g/mol. The van der Waals surface area contributed by atoms with Crippen LogP contribution in [0, 0.1) is 0 Å².